The van der Waals surface area contributed by atoms with Crippen molar-refractivity contribution in [3.8, 4) is 0 Å². The predicted molar refractivity (Wildman–Crippen MR) is 110 cm³/mol. The fourth-order valence-corrected chi connectivity index (χ4v) is 4.39. The van der Waals surface area contributed by atoms with E-state index in [1.165, 1.54) is 16.7 Å². The third-order valence-corrected chi connectivity index (χ3v) is 5.97. The Morgan fingerprint density at radius 1 is 0.893 bits per heavy atom. The maximum atomic E-state index is 13.2. The first-order chi connectivity index (χ1) is 13.7. The first kappa shape index (κ1) is 18.7. The Bertz CT molecular complexity index is 828. The van der Waals surface area contributed by atoms with Crippen molar-refractivity contribution < 1.29 is 9.59 Å². The molecule has 146 valence electrons. The minimum Gasteiger partial charge on any atom is -0.341 e. The third kappa shape index (κ3) is 4.11. The molecule has 1 fully saturated rings. The van der Waals surface area contributed by atoms with E-state index in [-0.39, 0.29) is 17.9 Å². The second-order valence-electron chi connectivity index (χ2n) is 7.88. The van der Waals surface area contributed by atoms with Crippen molar-refractivity contribution in [1.29, 1.82) is 0 Å². The summed E-state index contributed by atoms with van der Waals surface area (Å²) in [6.07, 6.45) is 4.96. The van der Waals surface area contributed by atoms with Gasteiger partial charge in [0.15, 0.2) is 0 Å². The minimum absolute atomic E-state index is 0.1000. The third-order valence-electron chi connectivity index (χ3n) is 5.97. The predicted octanol–water partition coefficient (Wildman–Crippen LogP) is 3.59. The maximum Gasteiger partial charge on any atom is 0.245 e. The van der Waals surface area contributed by atoms with Gasteiger partial charge < -0.3 is 9.80 Å². The van der Waals surface area contributed by atoms with Gasteiger partial charge in [0.1, 0.15) is 6.04 Å². The molecule has 1 saturated heterocycles. The molecule has 0 spiro atoms. The molecule has 2 aromatic carbocycles. The van der Waals surface area contributed by atoms with Gasteiger partial charge in [0.2, 0.25) is 11.8 Å². The largest absolute Gasteiger partial charge is 0.341 e. The molecule has 0 saturated carbocycles. The molecule has 4 heteroatoms. The molecule has 4 nitrogen and oxygen atoms in total. The topological polar surface area (TPSA) is 40.6 Å². The van der Waals surface area contributed by atoms with Crippen LogP contribution in [0.25, 0.3) is 0 Å². The quantitative estimate of drug-likeness (QED) is 0.800. The molecule has 0 unspecified atom stereocenters. The number of hydrogen-bond acceptors (Lipinski definition) is 2. The van der Waals surface area contributed by atoms with Gasteiger partial charge in [-0.05, 0) is 42.4 Å². The average Bonchev–Trinajstić information content (AvgIpc) is 3.28. The molecule has 4 rings (SSSR count). The number of rotatable bonds is 5. The molecular weight excluding hydrogens is 348 g/mol. The van der Waals surface area contributed by atoms with E-state index in [1.807, 2.05) is 40.1 Å². The molecule has 0 aliphatic carbocycles. The SMILES string of the molecule is O=C([C@@H]1Cc2ccccc2CN1C(=O)CCCc1ccccc1)N1CCCC1. The lowest BCUT2D eigenvalue weighted by molar-refractivity contribution is -0.146. The summed E-state index contributed by atoms with van der Waals surface area (Å²) >= 11 is 0. The summed E-state index contributed by atoms with van der Waals surface area (Å²) in [5, 5.41) is 0. The molecule has 2 aliphatic heterocycles. The van der Waals surface area contributed by atoms with Crippen LogP contribution in [0.15, 0.2) is 54.6 Å². The van der Waals surface area contributed by atoms with Crippen molar-refractivity contribution in [3.63, 3.8) is 0 Å². The van der Waals surface area contributed by atoms with Crippen LogP contribution < -0.4 is 0 Å². The van der Waals surface area contributed by atoms with E-state index < -0.39 is 0 Å². The monoisotopic (exact) mass is 376 g/mol. The van der Waals surface area contributed by atoms with Gasteiger partial charge in [-0.25, -0.2) is 0 Å². The van der Waals surface area contributed by atoms with Crippen molar-refractivity contribution in [2.75, 3.05) is 13.1 Å². The molecule has 2 aromatic rings. The van der Waals surface area contributed by atoms with E-state index in [9.17, 15) is 9.59 Å². The van der Waals surface area contributed by atoms with Gasteiger partial charge in [0, 0.05) is 32.5 Å². The number of likely N-dealkylation sites (tertiary alicyclic amines) is 1. The summed E-state index contributed by atoms with van der Waals surface area (Å²) in [6, 6.07) is 18.1. The number of carbonyl (C=O) groups is 2. The molecule has 28 heavy (non-hydrogen) atoms. The van der Waals surface area contributed by atoms with E-state index in [4.69, 9.17) is 0 Å². The van der Waals surface area contributed by atoms with Crippen molar-refractivity contribution in [2.24, 2.45) is 0 Å². The van der Waals surface area contributed by atoms with Crippen molar-refractivity contribution in [2.45, 2.75) is 51.1 Å². The van der Waals surface area contributed by atoms with Crippen LogP contribution in [0.5, 0.6) is 0 Å². The second-order valence-corrected chi connectivity index (χ2v) is 7.88. The van der Waals surface area contributed by atoms with Gasteiger partial charge in [-0.1, -0.05) is 54.6 Å². The van der Waals surface area contributed by atoms with E-state index in [0.717, 1.165) is 38.8 Å². The van der Waals surface area contributed by atoms with Crippen molar-refractivity contribution >= 4 is 11.8 Å². The lowest BCUT2D eigenvalue weighted by Gasteiger charge is -2.38. The fraction of sp³-hybridized carbons (Fsp3) is 0.417. The van der Waals surface area contributed by atoms with E-state index in [2.05, 4.69) is 24.3 Å². The average molecular weight is 377 g/mol. The van der Waals surface area contributed by atoms with Crippen LogP contribution >= 0.6 is 0 Å². The van der Waals surface area contributed by atoms with Gasteiger partial charge in [0.05, 0.1) is 0 Å². The highest BCUT2D eigenvalue weighted by atomic mass is 16.2. The summed E-state index contributed by atoms with van der Waals surface area (Å²) < 4.78 is 0. The Labute approximate surface area is 167 Å². The Morgan fingerprint density at radius 2 is 1.57 bits per heavy atom. The number of benzene rings is 2. The normalized spacial score (nSPS) is 18.8. The Morgan fingerprint density at radius 3 is 2.32 bits per heavy atom. The number of aryl methyl sites for hydroxylation is 1. The van der Waals surface area contributed by atoms with Crippen LogP contribution in [0.1, 0.15) is 42.4 Å². The zero-order chi connectivity index (χ0) is 19.3. The maximum absolute atomic E-state index is 13.2. The molecule has 2 aliphatic rings. The first-order valence-electron chi connectivity index (χ1n) is 10.4. The first-order valence-corrected chi connectivity index (χ1v) is 10.4. The van der Waals surface area contributed by atoms with Crippen LogP contribution in [0.2, 0.25) is 0 Å². The second kappa shape index (κ2) is 8.59. The standard InChI is InChI=1S/C24H28N2O2/c27-23(14-8-11-19-9-2-1-3-10-19)26-18-21-13-5-4-12-20(21)17-22(26)24(28)25-15-6-7-16-25/h1-5,9-10,12-13,22H,6-8,11,14-18H2/t22-/m0/s1. The van der Waals surface area contributed by atoms with Gasteiger partial charge in [-0.3, -0.25) is 9.59 Å². The highest BCUT2D eigenvalue weighted by Crippen LogP contribution is 2.26. The lowest BCUT2D eigenvalue weighted by atomic mass is 9.92. The fourth-order valence-electron chi connectivity index (χ4n) is 4.39. The molecule has 0 radical (unpaired) electrons. The molecule has 2 heterocycles. The molecule has 0 bridgehead atoms. The van der Waals surface area contributed by atoms with Gasteiger partial charge in [-0.15, -0.1) is 0 Å². The number of hydrogen-bond donors (Lipinski definition) is 0. The van der Waals surface area contributed by atoms with Crippen LogP contribution in [0, 0.1) is 0 Å². The Hall–Kier alpha value is -2.62. The van der Waals surface area contributed by atoms with E-state index in [1.54, 1.807) is 0 Å². The Kier molecular flexibility index (Phi) is 5.75. The van der Waals surface area contributed by atoms with Crippen LogP contribution in [0.3, 0.4) is 0 Å². The number of carbonyl (C=O) groups excluding carboxylic acids is 2. The summed E-state index contributed by atoms with van der Waals surface area (Å²) in [5.41, 5.74) is 3.63. The summed E-state index contributed by atoms with van der Waals surface area (Å²) in [5.74, 6) is 0.228. The molecule has 1 atom stereocenters. The molecule has 2 amide bonds. The van der Waals surface area contributed by atoms with Gasteiger partial charge in [-0.2, -0.15) is 0 Å². The molecule has 0 aromatic heterocycles. The van der Waals surface area contributed by atoms with Crippen LogP contribution in [-0.2, 0) is 29.0 Å². The highest BCUT2D eigenvalue weighted by molar-refractivity contribution is 5.88. The summed E-state index contributed by atoms with van der Waals surface area (Å²) in [4.78, 5) is 30.0. The summed E-state index contributed by atoms with van der Waals surface area (Å²) in [6.45, 7) is 2.20. The molecular formula is C24H28N2O2. The van der Waals surface area contributed by atoms with Crippen molar-refractivity contribution in [1.82, 2.24) is 9.80 Å². The minimum atomic E-state index is -0.350. The summed E-state index contributed by atoms with van der Waals surface area (Å²) in [7, 11) is 0. The van der Waals surface area contributed by atoms with Crippen LogP contribution in [0.4, 0.5) is 0 Å². The number of amides is 2. The van der Waals surface area contributed by atoms with E-state index in [0.29, 0.717) is 19.4 Å². The highest BCUT2D eigenvalue weighted by Gasteiger charge is 2.37. The number of fused-ring (bicyclic) bond motifs is 1. The Balaban J connectivity index is 1.46. The zero-order valence-corrected chi connectivity index (χ0v) is 16.3. The smallest absolute Gasteiger partial charge is 0.245 e. The van der Waals surface area contributed by atoms with Crippen LogP contribution in [-0.4, -0.2) is 40.7 Å². The van der Waals surface area contributed by atoms with Gasteiger partial charge >= 0.3 is 0 Å². The van der Waals surface area contributed by atoms with Gasteiger partial charge in [0.25, 0.3) is 0 Å². The van der Waals surface area contributed by atoms with E-state index >= 15 is 0 Å². The van der Waals surface area contributed by atoms with Crippen molar-refractivity contribution in [3.05, 3.63) is 71.3 Å². The molecule has 0 N–H and O–H groups in total. The number of nitrogens with zero attached hydrogens (tertiary/aromatic N) is 2. The zero-order valence-electron chi connectivity index (χ0n) is 16.3. The lowest BCUT2D eigenvalue weighted by Crippen LogP contribution is -2.53.